The number of aryl methyl sites for hydroxylation is 1. The molecule has 0 spiro atoms. The van der Waals surface area contributed by atoms with Crippen LogP contribution in [0.25, 0.3) is 11.0 Å². The zero-order chi connectivity index (χ0) is 22.9. The normalized spacial score (nSPS) is 14.4. The third kappa shape index (κ3) is 3.93. The van der Waals surface area contributed by atoms with E-state index in [-0.39, 0.29) is 12.1 Å². The van der Waals surface area contributed by atoms with Crippen LogP contribution in [0.4, 0.5) is 24.9 Å². The van der Waals surface area contributed by atoms with Crippen molar-refractivity contribution in [1.29, 1.82) is 5.26 Å². The lowest BCUT2D eigenvalue weighted by atomic mass is 9.94. The van der Waals surface area contributed by atoms with E-state index in [0.717, 1.165) is 30.2 Å². The largest absolute Gasteiger partial charge is 0.365 e. The maximum atomic E-state index is 14.5. The Morgan fingerprint density at radius 3 is 2.56 bits per heavy atom. The van der Waals surface area contributed by atoms with Gasteiger partial charge in [-0.2, -0.15) is 15.2 Å². The third-order valence-electron chi connectivity index (χ3n) is 5.71. The van der Waals surface area contributed by atoms with Crippen molar-refractivity contribution in [2.24, 2.45) is 0 Å². The van der Waals surface area contributed by atoms with Gasteiger partial charge in [0.2, 0.25) is 5.95 Å². The summed E-state index contributed by atoms with van der Waals surface area (Å²) in [5.74, 6) is -0.181. The van der Waals surface area contributed by atoms with Crippen LogP contribution in [0.15, 0.2) is 24.3 Å². The Hall–Kier alpha value is -3.41. The number of anilines is 2. The first kappa shape index (κ1) is 21.8. The van der Waals surface area contributed by atoms with Gasteiger partial charge in [0.05, 0.1) is 22.4 Å². The number of nitrogens with zero attached hydrogens (tertiary/aromatic N) is 4. The van der Waals surface area contributed by atoms with Crippen molar-refractivity contribution in [3.05, 3.63) is 52.5 Å². The zero-order valence-electron chi connectivity index (χ0n) is 17.8. The van der Waals surface area contributed by atoms with Crippen LogP contribution in [0, 0.1) is 17.1 Å². The topological polar surface area (TPSA) is 86.5 Å². The summed E-state index contributed by atoms with van der Waals surface area (Å²) >= 11 is 0. The van der Waals surface area contributed by atoms with Crippen LogP contribution in [-0.2, 0) is 18.4 Å². The van der Waals surface area contributed by atoms with E-state index in [4.69, 9.17) is 4.98 Å². The van der Waals surface area contributed by atoms with Crippen LogP contribution in [0.1, 0.15) is 55.5 Å². The van der Waals surface area contributed by atoms with Gasteiger partial charge in [-0.1, -0.05) is 25.1 Å². The number of pyridine rings is 1. The van der Waals surface area contributed by atoms with Crippen LogP contribution in [0.3, 0.4) is 0 Å². The van der Waals surface area contributed by atoms with Crippen molar-refractivity contribution in [2.45, 2.75) is 51.5 Å². The molecule has 9 heteroatoms. The van der Waals surface area contributed by atoms with Gasteiger partial charge in [-0.25, -0.2) is 18.2 Å². The number of rotatable bonds is 8. The number of hydrogen-bond donors (Lipinski definition) is 2. The summed E-state index contributed by atoms with van der Waals surface area (Å²) in [7, 11) is 0. The minimum absolute atomic E-state index is 0.0433. The summed E-state index contributed by atoms with van der Waals surface area (Å²) in [4.78, 5) is 13.7. The highest BCUT2D eigenvalue weighted by molar-refractivity contribution is 5.88. The van der Waals surface area contributed by atoms with Crippen molar-refractivity contribution in [2.75, 3.05) is 17.2 Å². The lowest BCUT2D eigenvalue weighted by molar-refractivity contribution is 0.146. The summed E-state index contributed by atoms with van der Waals surface area (Å²) in [5.41, 5.74) is 1.07. The Bertz CT molecular complexity index is 1200. The van der Waals surface area contributed by atoms with Gasteiger partial charge in [-0.05, 0) is 37.8 Å². The molecule has 1 fully saturated rings. The smallest absolute Gasteiger partial charge is 0.266 e. The van der Waals surface area contributed by atoms with Crippen molar-refractivity contribution >= 4 is 22.8 Å². The van der Waals surface area contributed by atoms with E-state index in [0.29, 0.717) is 35.8 Å². The standard InChI is InChI=1S/C23H23F3N6/c1-3-17-16(23(12-27)8-9-23)10-15-20(31-22(28-4-2)32-21(15)30-17)29-11-13-6-5-7-14(18(13)24)19(25)26/h5-7,10,19H,3-4,8-9,11H2,1-2H3,(H2,28,29,30,31,32). The molecule has 4 rings (SSSR count). The summed E-state index contributed by atoms with van der Waals surface area (Å²) in [6.45, 7) is 4.43. The molecule has 0 aliphatic heterocycles. The Kier molecular flexibility index (Phi) is 5.87. The van der Waals surface area contributed by atoms with Crippen LogP contribution >= 0.6 is 0 Å². The molecule has 3 aromatic rings. The Morgan fingerprint density at radius 2 is 1.94 bits per heavy atom. The van der Waals surface area contributed by atoms with E-state index in [1.807, 2.05) is 19.9 Å². The summed E-state index contributed by atoms with van der Waals surface area (Å²) in [6.07, 6.45) is -0.693. The van der Waals surface area contributed by atoms with E-state index in [1.54, 1.807) is 0 Å². The first-order valence-electron chi connectivity index (χ1n) is 10.6. The van der Waals surface area contributed by atoms with Gasteiger partial charge in [0.1, 0.15) is 11.6 Å². The average molecular weight is 440 g/mol. The van der Waals surface area contributed by atoms with Crippen LogP contribution < -0.4 is 10.6 Å². The predicted octanol–water partition coefficient (Wildman–Crippen LogP) is 5.26. The second-order valence-corrected chi connectivity index (χ2v) is 7.80. The van der Waals surface area contributed by atoms with E-state index < -0.39 is 23.2 Å². The Morgan fingerprint density at radius 1 is 1.16 bits per heavy atom. The van der Waals surface area contributed by atoms with Gasteiger partial charge in [-0.15, -0.1) is 0 Å². The Labute approximate surface area is 183 Å². The molecule has 0 bridgehead atoms. The van der Waals surface area contributed by atoms with E-state index in [9.17, 15) is 18.4 Å². The lowest BCUT2D eigenvalue weighted by Gasteiger charge is -2.16. The summed E-state index contributed by atoms with van der Waals surface area (Å²) in [5, 5.41) is 16.4. The maximum Gasteiger partial charge on any atom is 0.266 e. The highest BCUT2D eigenvalue weighted by atomic mass is 19.3. The number of benzene rings is 1. The van der Waals surface area contributed by atoms with Crippen molar-refractivity contribution < 1.29 is 13.2 Å². The molecular weight excluding hydrogens is 417 g/mol. The highest BCUT2D eigenvalue weighted by Gasteiger charge is 2.46. The summed E-state index contributed by atoms with van der Waals surface area (Å²) < 4.78 is 40.6. The van der Waals surface area contributed by atoms with Gasteiger partial charge in [0.15, 0.2) is 5.65 Å². The van der Waals surface area contributed by atoms with Gasteiger partial charge < -0.3 is 10.6 Å². The van der Waals surface area contributed by atoms with Crippen molar-refractivity contribution in [3.63, 3.8) is 0 Å². The minimum atomic E-state index is -2.89. The average Bonchev–Trinajstić information content (AvgIpc) is 3.58. The summed E-state index contributed by atoms with van der Waals surface area (Å²) in [6, 6.07) is 8.23. The molecule has 6 nitrogen and oxygen atoms in total. The molecule has 166 valence electrons. The fraction of sp³-hybridized carbons (Fsp3) is 0.391. The number of alkyl halides is 2. The number of halogens is 3. The molecule has 0 unspecified atom stereocenters. The highest BCUT2D eigenvalue weighted by Crippen LogP contribution is 2.49. The third-order valence-corrected chi connectivity index (χ3v) is 5.71. The molecule has 1 aliphatic rings. The van der Waals surface area contributed by atoms with Crippen LogP contribution in [0.5, 0.6) is 0 Å². The molecule has 2 aromatic heterocycles. The van der Waals surface area contributed by atoms with E-state index >= 15 is 0 Å². The molecule has 2 N–H and O–H groups in total. The van der Waals surface area contributed by atoms with Gasteiger partial charge in [0.25, 0.3) is 6.43 Å². The van der Waals surface area contributed by atoms with Crippen LogP contribution in [-0.4, -0.2) is 21.5 Å². The zero-order valence-corrected chi connectivity index (χ0v) is 17.8. The fourth-order valence-electron chi connectivity index (χ4n) is 3.80. The predicted molar refractivity (Wildman–Crippen MR) is 116 cm³/mol. The second-order valence-electron chi connectivity index (χ2n) is 7.80. The molecule has 0 atom stereocenters. The van der Waals surface area contributed by atoms with Gasteiger partial charge in [-0.3, -0.25) is 0 Å². The molecule has 0 amide bonds. The molecular formula is C23H23F3N6. The first-order valence-corrected chi connectivity index (χ1v) is 10.6. The molecule has 1 aliphatic carbocycles. The number of nitriles is 1. The molecule has 1 aromatic carbocycles. The minimum Gasteiger partial charge on any atom is -0.365 e. The van der Waals surface area contributed by atoms with E-state index in [2.05, 4.69) is 26.7 Å². The molecule has 2 heterocycles. The van der Waals surface area contributed by atoms with Crippen LogP contribution in [0.2, 0.25) is 0 Å². The molecule has 32 heavy (non-hydrogen) atoms. The number of nitrogens with one attached hydrogen (secondary N) is 2. The number of hydrogen-bond acceptors (Lipinski definition) is 6. The number of aromatic nitrogens is 3. The SMILES string of the molecule is CCNc1nc(NCc2cccc(C(F)F)c2F)c2cc(C3(C#N)CC3)c(CC)nc2n1. The lowest BCUT2D eigenvalue weighted by Crippen LogP contribution is -2.13. The fourth-order valence-corrected chi connectivity index (χ4v) is 3.80. The van der Waals surface area contributed by atoms with E-state index in [1.165, 1.54) is 12.1 Å². The molecule has 0 saturated heterocycles. The van der Waals surface area contributed by atoms with Gasteiger partial charge >= 0.3 is 0 Å². The quantitative estimate of drug-likeness (QED) is 0.497. The Balaban J connectivity index is 1.78. The monoisotopic (exact) mass is 440 g/mol. The van der Waals surface area contributed by atoms with Crippen molar-refractivity contribution in [1.82, 2.24) is 15.0 Å². The van der Waals surface area contributed by atoms with Crippen molar-refractivity contribution in [3.8, 4) is 6.07 Å². The first-order chi connectivity index (χ1) is 15.4. The second kappa shape index (κ2) is 8.61. The molecule has 0 radical (unpaired) electrons. The number of fused-ring (bicyclic) bond motifs is 1. The molecule has 1 saturated carbocycles. The van der Waals surface area contributed by atoms with Gasteiger partial charge in [0, 0.05) is 24.3 Å². The maximum absolute atomic E-state index is 14.5.